The number of alkyl halides is 2. The highest BCUT2D eigenvalue weighted by molar-refractivity contribution is 5.18. The molecule has 1 aromatic rings. The Morgan fingerprint density at radius 3 is 1.76 bits per heavy atom. The molecule has 0 aliphatic carbocycles. The third-order valence-corrected chi connectivity index (χ3v) is 3.02. The van der Waals surface area contributed by atoms with Crippen LogP contribution >= 0.6 is 0 Å². The van der Waals surface area contributed by atoms with Gasteiger partial charge in [0.05, 0.1) is 0 Å². The van der Waals surface area contributed by atoms with Gasteiger partial charge >= 0.3 is 0 Å². The van der Waals surface area contributed by atoms with Crippen molar-refractivity contribution in [3.05, 3.63) is 35.9 Å². The monoisotopic (exact) mass is 242 g/mol. The number of rotatable bonds is 4. The van der Waals surface area contributed by atoms with E-state index in [0.717, 1.165) is 0 Å². The van der Waals surface area contributed by atoms with Crippen molar-refractivity contribution in [3.8, 4) is 0 Å². The molecule has 98 valence electrons. The zero-order chi connectivity index (χ0) is 13.3. The van der Waals surface area contributed by atoms with E-state index in [0.29, 0.717) is 5.92 Å². The van der Waals surface area contributed by atoms with Crippen LogP contribution < -0.4 is 0 Å². The van der Waals surface area contributed by atoms with Crippen molar-refractivity contribution in [2.75, 3.05) is 0 Å². The number of hydrogen-bond donors (Lipinski definition) is 0. The third kappa shape index (κ3) is 7.09. The fourth-order valence-corrected chi connectivity index (χ4v) is 1.27. The molecule has 2 heteroatoms. The van der Waals surface area contributed by atoms with Crippen LogP contribution in [0.3, 0.4) is 0 Å². The molecule has 1 rings (SSSR count). The summed E-state index contributed by atoms with van der Waals surface area (Å²) in [5.74, 6) is -1.71. The van der Waals surface area contributed by atoms with Crippen molar-refractivity contribution in [3.63, 3.8) is 0 Å². The summed E-state index contributed by atoms with van der Waals surface area (Å²) in [4.78, 5) is 0. The molecule has 0 N–H and O–H groups in total. The quantitative estimate of drug-likeness (QED) is 0.640. The summed E-state index contributed by atoms with van der Waals surface area (Å²) in [7, 11) is 0. The Kier molecular flexibility index (Phi) is 7.77. The fourth-order valence-electron chi connectivity index (χ4n) is 1.27. The van der Waals surface area contributed by atoms with E-state index in [1.807, 2.05) is 0 Å². The van der Waals surface area contributed by atoms with Crippen LogP contribution in [0.25, 0.3) is 0 Å². The molecule has 0 heterocycles. The highest BCUT2D eigenvalue weighted by Gasteiger charge is 2.21. The SMILES string of the molecule is CCC(C)c1ccccc1.CCC(F)(F)CC. The molecule has 0 aliphatic rings. The first-order valence-corrected chi connectivity index (χ1v) is 6.39. The molecule has 0 amide bonds. The van der Waals surface area contributed by atoms with E-state index < -0.39 is 5.92 Å². The summed E-state index contributed by atoms with van der Waals surface area (Å²) in [6, 6.07) is 10.6. The molecule has 0 aromatic heterocycles. The first-order chi connectivity index (χ1) is 7.96. The van der Waals surface area contributed by atoms with Gasteiger partial charge in [0, 0.05) is 12.8 Å². The standard InChI is InChI=1S/C10H14.C5H10F2/c1-3-9(2)10-7-5-4-6-8-10;1-3-5(6,7)4-2/h4-9H,3H2,1-2H3;3-4H2,1-2H3. The van der Waals surface area contributed by atoms with Gasteiger partial charge in [-0.05, 0) is 17.9 Å². The molecule has 0 bridgehead atoms. The van der Waals surface area contributed by atoms with Gasteiger partial charge in [-0.3, -0.25) is 0 Å². The minimum absolute atomic E-state index is 0.0382. The first-order valence-electron chi connectivity index (χ1n) is 6.39. The minimum atomic E-state index is -2.42. The van der Waals surface area contributed by atoms with Gasteiger partial charge in [-0.1, -0.05) is 58.0 Å². The van der Waals surface area contributed by atoms with Crippen molar-refractivity contribution < 1.29 is 8.78 Å². The van der Waals surface area contributed by atoms with Gasteiger partial charge in [0.25, 0.3) is 0 Å². The van der Waals surface area contributed by atoms with Crippen LogP contribution in [0.5, 0.6) is 0 Å². The topological polar surface area (TPSA) is 0 Å². The maximum Gasteiger partial charge on any atom is 0.247 e. The zero-order valence-corrected chi connectivity index (χ0v) is 11.3. The Balaban J connectivity index is 0.000000325. The Hall–Kier alpha value is -0.920. The minimum Gasteiger partial charge on any atom is -0.207 e. The van der Waals surface area contributed by atoms with Crippen LogP contribution in [-0.4, -0.2) is 5.92 Å². The van der Waals surface area contributed by atoms with E-state index in [2.05, 4.69) is 44.2 Å². The fraction of sp³-hybridized carbons (Fsp3) is 0.600. The lowest BCUT2D eigenvalue weighted by Gasteiger charge is -2.08. The van der Waals surface area contributed by atoms with Crippen molar-refractivity contribution in [1.29, 1.82) is 0 Å². The van der Waals surface area contributed by atoms with Gasteiger partial charge in [-0.15, -0.1) is 0 Å². The highest BCUT2D eigenvalue weighted by atomic mass is 19.3. The zero-order valence-electron chi connectivity index (χ0n) is 11.3. The summed E-state index contributed by atoms with van der Waals surface area (Å²) >= 11 is 0. The van der Waals surface area contributed by atoms with Crippen LogP contribution in [0, 0.1) is 0 Å². The summed E-state index contributed by atoms with van der Waals surface area (Å²) < 4.78 is 23.8. The maximum absolute atomic E-state index is 11.9. The molecule has 0 spiro atoms. The van der Waals surface area contributed by atoms with Gasteiger partial charge in [0.15, 0.2) is 0 Å². The molecule has 0 fully saturated rings. The average molecular weight is 242 g/mol. The Labute approximate surface area is 104 Å². The van der Waals surface area contributed by atoms with Gasteiger partial charge < -0.3 is 0 Å². The van der Waals surface area contributed by atoms with Gasteiger partial charge in [-0.25, -0.2) is 8.78 Å². The first kappa shape index (κ1) is 16.1. The van der Waals surface area contributed by atoms with Crippen LogP contribution in [0.1, 0.15) is 58.4 Å². The average Bonchev–Trinajstić information content (AvgIpc) is 2.39. The molecule has 0 aliphatic heterocycles. The Morgan fingerprint density at radius 1 is 1.00 bits per heavy atom. The molecular formula is C15H24F2. The lowest BCUT2D eigenvalue weighted by Crippen LogP contribution is -2.10. The second-order valence-corrected chi connectivity index (χ2v) is 4.28. The van der Waals surface area contributed by atoms with Gasteiger partial charge in [0.1, 0.15) is 0 Å². The van der Waals surface area contributed by atoms with E-state index in [4.69, 9.17) is 0 Å². The number of hydrogen-bond acceptors (Lipinski definition) is 0. The van der Waals surface area contributed by atoms with Gasteiger partial charge in [0.2, 0.25) is 5.92 Å². The lowest BCUT2D eigenvalue weighted by atomic mass is 9.99. The maximum atomic E-state index is 11.9. The summed E-state index contributed by atoms with van der Waals surface area (Å²) in [6.45, 7) is 7.46. The summed E-state index contributed by atoms with van der Waals surface area (Å²) in [5.41, 5.74) is 1.45. The summed E-state index contributed by atoms with van der Waals surface area (Å²) in [5, 5.41) is 0. The second-order valence-electron chi connectivity index (χ2n) is 4.28. The molecule has 0 saturated heterocycles. The second kappa shape index (κ2) is 8.21. The normalized spacial score (nSPS) is 12.6. The predicted octanol–water partition coefficient (Wildman–Crippen LogP) is 5.64. The molecule has 17 heavy (non-hydrogen) atoms. The molecular weight excluding hydrogens is 218 g/mol. The number of benzene rings is 1. The van der Waals surface area contributed by atoms with Crippen molar-refractivity contribution >= 4 is 0 Å². The van der Waals surface area contributed by atoms with E-state index in [1.54, 1.807) is 0 Å². The van der Waals surface area contributed by atoms with Crippen molar-refractivity contribution in [1.82, 2.24) is 0 Å². The molecule has 1 unspecified atom stereocenters. The largest absolute Gasteiger partial charge is 0.247 e. The lowest BCUT2D eigenvalue weighted by molar-refractivity contribution is -0.00646. The summed E-state index contributed by atoms with van der Waals surface area (Å²) in [6.07, 6.45) is 1.15. The predicted molar refractivity (Wildman–Crippen MR) is 70.7 cm³/mol. The van der Waals surface area contributed by atoms with E-state index >= 15 is 0 Å². The van der Waals surface area contributed by atoms with Crippen LogP contribution in [0.15, 0.2) is 30.3 Å². The van der Waals surface area contributed by atoms with Gasteiger partial charge in [-0.2, -0.15) is 0 Å². The van der Waals surface area contributed by atoms with E-state index in [9.17, 15) is 8.78 Å². The highest BCUT2D eigenvalue weighted by Crippen LogP contribution is 2.20. The molecule has 0 radical (unpaired) electrons. The number of halogens is 2. The van der Waals surface area contributed by atoms with Crippen molar-refractivity contribution in [2.45, 2.75) is 58.8 Å². The van der Waals surface area contributed by atoms with Crippen LogP contribution in [0.4, 0.5) is 8.78 Å². The third-order valence-electron chi connectivity index (χ3n) is 3.02. The Morgan fingerprint density at radius 2 is 1.47 bits per heavy atom. The molecule has 0 nitrogen and oxygen atoms in total. The molecule has 1 aromatic carbocycles. The Bertz CT molecular complexity index is 274. The van der Waals surface area contributed by atoms with E-state index in [1.165, 1.54) is 25.8 Å². The van der Waals surface area contributed by atoms with Crippen LogP contribution in [-0.2, 0) is 0 Å². The smallest absolute Gasteiger partial charge is 0.207 e. The molecule has 0 saturated carbocycles. The van der Waals surface area contributed by atoms with E-state index in [-0.39, 0.29) is 12.8 Å². The van der Waals surface area contributed by atoms with Crippen molar-refractivity contribution in [2.24, 2.45) is 0 Å². The molecule has 1 atom stereocenters. The van der Waals surface area contributed by atoms with Crippen LogP contribution in [0.2, 0.25) is 0 Å².